The molecule has 1 saturated carbocycles. The summed E-state index contributed by atoms with van der Waals surface area (Å²) in [5.41, 5.74) is 0.375. The van der Waals surface area contributed by atoms with Crippen molar-refractivity contribution < 1.29 is 14.6 Å². The predicted molar refractivity (Wildman–Crippen MR) is 104 cm³/mol. The van der Waals surface area contributed by atoms with Crippen LogP contribution in [0.25, 0.3) is 0 Å². The third-order valence-corrected chi connectivity index (χ3v) is 7.91. The Labute approximate surface area is 160 Å². The lowest BCUT2D eigenvalue weighted by Gasteiger charge is -2.60. The van der Waals surface area contributed by atoms with Crippen molar-refractivity contribution in [1.82, 2.24) is 4.90 Å². The molecule has 0 amide bonds. The zero-order valence-electron chi connectivity index (χ0n) is 16.3. The molecule has 5 nitrogen and oxygen atoms in total. The number of likely N-dealkylation sites (N-methyl/N-ethyl adjacent to an activating group) is 1. The van der Waals surface area contributed by atoms with Crippen LogP contribution in [0, 0.1) is 5.41 Å². The molecule has 4 aliphatic rings. The number of fused-ring (bicyclic) bond motifs is 1. The molecule has 1 aromatic rings. The molecule has 144 valence electrons. The maximum atomic E-state index is 13.0. The molecule has 3 heterocycles. The first kappa shape index (κ1) is 17.3. The lowest BCUT2D eigenvalue weighted by Crippen LogP contribution is -2.74. The van der Waals surface area contributed by atoms with Gasteiger partial charge < -0.3 is 14.7 Å². The van der Waals surface area contributed by atoms with Crippen molar-refractivity contribution in [2.75, 3.05) is 32.1 Å². The Morgan fingerprint density at radius 3 is 2.85 bits per heavy atom. The normalized spacial score (nSPS) is 41.9. The standard InChI is InChI=1S/C22H28N2O3/c1-4-20-10-7-12-24-13-11-21(17(20)24)15-8-5-6-9-16(15)23(2)18(21)22(26,14-20)19(25)27-3/h5-10,17-18,26H,4,11-14H2,1-3H3/t17-,18?,20-,21+,22+/m0/s1. The number of ether oxygens (including phenoxy) is 1. The molecule has 0 aromatic heterocycles. The molecule has 1 saturated heterocycles. The Balaban J connectivity index is 1.83. The molecule has 5 atom stereocenters. The molecule has 27 heavy (non-hydrogen) atoms. The van der Waals surface area contributed by atoms with E-state index in [-0.39, 0.29) is 16.9 Å². The van der Waals surface area contributed by atoms with E-state index in [0.717, 1.165) is 31.6 Å². The second kappa shape index (κ2) is 5.36. The highest BCUT2D eigenvalue weighted by atomic mass is 16.5. The van der Waals surface area contributed by atoms with Gasteiger partial charge in [-0.05, 0) is 37.4 Å². The van der Waals surface area contributed by atoms with E-state index in [9.17, 15) is 9.90 Å². The van der Waals surface area contributed by atoms with Crippen LogP contribution in [0.5, 0.6) is 0 Å². The first-order chi connectivity index (χ1) is 12.9. The van der Waals surface area contributed by atoms with Crippen molar-refractivity contribution >= 4 is 11.7 Å². The minimum absolute atomic E-state index is 0.230. The van der Waals surface area contributed by atoms with Crippen LogP contribution in [0.3, 0.4) is 0 Å². The molecule has 5 rings (SSSR count). The molecule has 1 spiro atoms. The molecule has 1 unspecified atom stereocenters. The minimum atomic E-state index is -1.54. The Hall–Kier alpha value is -1.85. The van der Waals surface area contributed by atoms with Crippen LogP contribution in [0.2, 0.25) is 0 Å². The van der Waals surface area contributed by atoms with E-state index >= 15 is 0 Å². The Bertz CT molecular complexity index is 839. The summed E-state index contributed by atoms with van der Waals surface area (Å²) in [6.07, 6.45) is 6.76. The summed E-state index contributed by atoms with van der Waals surface area (Å²) >= 11 is 0. The van der Waals surface area contributed by atoms with Crippen molar-refractivity contribution in [2.45, 2.75) is 49.3 Å². The lowest BCUT2D eigenvalue weighted by molar-refractivity contribution is -0.181. The monoisotopic (exact) mass is 368 g/mol. The number of hydrogen-bond acceptors (Lipinski definition) is 5. The van der Waals surface area contributed by atoms with Crippen LogP contribution in [-0.4, -0.2) is 60.9 Å². The third-order valence-electron chi connectivity index (χ3n) is 7.91. The first-order valence-corrected chi connectivity index (χ1v) is 9.99. The van der Waals surface area contributed by atoms with Gasteiger partial charge >= 0.3 is 5.97 Å². The van der Waals surface area contributed by atoms with E-state index in [0.29, 0.717) is 12.5 Å². The Morgan fingerprint density at radius 2 is 2.11 bits per heavy atom. The highest BCUT2D eigenvalue weighted by molar-refractivity contribution is 5.85. The number of nitrogens with zero attached hydrogens (tertiary/aromatic N) is 2. The smallest absolute Gasteiger partial charge is 0.340 e. The number of carbonyl (C=O) groups is 1. The van der Waals surface area contributed by atoms with Crippen molar-refractivity contribution in [3.05, 3.63) is 42.0 Å². The van der Waals surface area contributed by atoms with Crippen LogP contribution >= 0.6 is 0 Å². The number of hydrogen-bond donors (Lipinski definition) is 1. The largest absolute Gasteiger partial charge is 0.467 e. The first-order valence-electron chi connectivity index (χ1n) is 9.99. The summed E-state index contributed by atoms with van der Waals surface area (Å²) in [5.74, 6) is -0.504. The second-order valence-electron chi connectivity index (χ2n) is 8.80. The molecule has 3 aliphatic heterocycles. The number of aliphatic hydroxyl groups is 1. The summed E-state index contributed by atoms with van der Waals surface area (Å²) < 4.78 is 5.17. The van der Waals surface area contributed by atoms with Gasteiger partial charge in [0.25, 0.3) is 0 Å². The zero-order valence-corrected chi connectivity index (χ0v) is 16.3. The van der Waals surface area contributed by atoms with Gasteiger partial charge in [0.15, 0.2) is 5.60 Å². The summed E-state index contributed by atoms with van der Waals surface area (Å²) in [7, 11) is 3.41. The van der Waals surface area contributed by atoms with Gasteiger partial charge in [-0.25, -0.2) is 4.79 Å². The number of benzene rings is 1. The highest BCUT2D eigenvalue weighted by Crippen LogP contribution is 2.66. The van der Waals surface area contributed by atoms with Gasteiger partial charge in [0.1, 0.15) is 0 Å². The van der Waals surface area contributed by atoms with Crippen LogP contribution in [-0.2, 0) is 14.9 Å². The number of carbonyl (C=O) groups excluding carboxylic acids is 1. The van der Waals surface area contributed by atoms with Crippen molar-refractivity contribution in [1.29, 1.82) is 0 Å². The fourth-order valence-electron chi connectivity index (χ4n) is 7.18. The van der Waals surface area contributed by atoms with Gasteiger partial charge in [-0.2, -0.15) is 0 Å². The van der Waals surface area contributed by atoms with E-state index in [1.54, 1.807) is 0 Å². The third kappa shape index (κ3) is 1.80. The van der Waals surface area contributed by atoms with E-state index < -0.39 is 11.6 Å². The molecular formula is C22H28N2O3. The number of rotatable bonds is 2. The maximum absolute atomic E-state index is 13.0. The molecule has 1 N–H and O–H groups in total. The molecular weight excluding hydrogens is 340 g/mol. The predicted octanol–water partition coefficient (Wildman–Crippen LogP) is 2.09. The number of anilines is 1. The van der Waals surface area contributed by atoms with E-state index in [4.69, 9.17) is 4.74 Å². The molecule has 1 aromatic carbocycles. The SMILES string of the molecule is CC[C@]12C=CCN3CC[C@@]4(c5ccccc5N(C)C4[C@@](O)(C(=O)OC)C1)[C@@H]32. The average molecular weight is 368 g/mol. The Kier molecular flexibility index (Phi) is 3.43. The van der Waals surface area contributed by atoms with Crippen molar-refractivity contribution in [3.63, 3.8) is 0 Å². The highest BCUT2D eigenvalue weighted by Gasteiger charge is 2.75. The molecule has 5 heteroatoms. The van der Waals surface area contributed by atoms with Gasteiger partial charge in [0, 0.05) is 36.2 Å². The Morgan fingerprint density at radius 1 is 1.33 bits per heavy atom. The van der Waals surface area contributed by atoms with E-state index in [1.165, 1.54) is 12.7 Å². The topological polar surface area (TPSA) is 53.0 Å². The maximum Gasteiger partial charge on any atom is 0.340 e. The van der Waals surface area contributed by atoms with Gasteiger partial charge in [0.05, 0.1) is 13.2 Å². The molecule has 2 fully saturated rings. The van der Waals surface area contributed by atoms with Gasteiger partial charge in [0.2, 0.25) is 0 Å². The van der Waals surface area contributed by atoms with Gasteiger partial charge in [-0.1, -0.05) is 37.3 Å². The van der Waals surface area contributed by atoms with Crippen LogP contribution in [0.15, 0.2) is 36.4 Å². The minimum Gasteiger partial charge on any atom is -0.467 e. The average Bonchev–Trinajstić information content (AvgIpc) is 3.20. The van der Waals surface area contributed by atoms with E-state index in [2.05, 4.69) is 47.1 Å². The number of methoxy groups -OCH3 is 1. The fraction of sp³-hybridized carbons (Fsp3) is 0.591. The summed E-state index contributed by atoms with van der Waals surface area (Å²) in [4.78, 5) is 17.7. The summed E-state index contributed by atoms with van der Waals surface area (Å²) in [6, 6.07) is 8.44. The van der Waals surface area contributed by atoms with Crippen molar-refractivity contribution in [2.24, 2.45) is 5.41 Å². The molecule has 0 radical (unpaired) electrons. The van der Waals surface area contributed by atoms with Crippen LogP contribution < -0.4 is 4.90 Å². The van der Waals surface area contributed by atoms with Gasteiger partial charge in [-0.15, -0.1) is 0 Å². The lowest BCUT2D eigenvalue weighted by atomic mass is 9.49. The number of para-hydroxylation sites is 1. The van der Waals surface area contributed by atoms with Crippen molar-refractivity contribution in [3.8, 4) is 0 Å². The second-order valence-corrected chi connectivity index (χ2v) is 8.80. The molecule has 0 bridgehead atoms. The zero-order chi connectivity index (χ0) is 19.0. The quantitative estimate of drug-likeness (QED) is 0.640. The summed E-state index contributed by atoms with van der Waals surface area (Å²) in [6.45, 7) is 4.12. The fourth-order valence-corrected chi connectivity index (χ4v) is 7.18. The van der Waals surface area contributed by atoms with Crippen LogP contribution in [0.4, 0.5) is 5.69 Å². The number of esters is 1. The molecule has 1 aliphatic carbocycles. The van der Waals surface area contributed by atoms with E-state index in [1.807, 2.05) is 13.1 Å². The van der Waals surface area contributed by atoms with Crippen LogP contribution in [0.1, 0.15) is 31.7 Å². The van der Waals surface area contributed by atoms with Gasteiger partial charge in [-0.3, -0.25) is 4.90 Å². The summed E-state index contributed by atoms with van der Waals surface area (Å²) in [5, 5.41) is 11.9.